The van der Waals surface area contributed by atoms with Gasteiger partial charge in [-0.25, -0.2) is 9.18 Å². The molecular formula is C20H16FN3O5S. The smallest absolute Gasteiger partial charge is 0.342 e. The number of carbonyl (C=O) groups excluding carboxylic acids is 1. The monoisotopic (exact) mass is 429 g/mol. The van der Waals surface area contributed by atoms with Gasteiger partial charge in [0.25, 0.3) is 5.91 Å². The van der Waals surface area contributed by atoms with Crippen molar-refractivity contribution >= 4 is 40.2 Å². The SMILES string of the molecule is O=C(O)c1c2n(c3cc(N4CCN(C(=O)c5ccco5)CC4)c(F)cc3c1=O)CS2. The summed E-state index contributed by atoms with van der Waals surface area (Å²) in [7, 11) is 0. The number of nitrogens with zero attached hydrogens (tertiary/aromatic N) is 3. The van der Waals surface area contributed by atoms with Crippen LogP contribution in [0.3, 0.4) is 0 Å². The number of rotatable bonds is 3. The summed E-state index contributed by atoms with van der Waals surface area (Å²) < 4.78 is 21.8. The maximum Gasteiger partial charge on any atom is 0.342 e. The molecule has 1 aromatic carbocycles. The van der Waals surface area contributed by atoms with E-state index in [0.717, 1.165) is 6.07 Å². The highest BCUT2D eigenvalue weighted by Crippen LogP contribution is 2.38. The van der Waals surface area contributed by atoms with Crippen molar-refractivity contribution in [1.29, 1.82) is 0 Å². The van der Waals surface area contributed by atoms with Crippen LogP contribution in [0, 0.1) is 5.82 Å². The highest BCUT2D eigenvalue weighted by Gasteiger charge is 2.30. The van der Waals surface area contributed by atoms with E-state index in [1.807, 2.05) is 4.90 Å². The van der Waals surface area contributed by atoms with Crippen molar-refractivity contribution in [3.05, 3.63) is 57.9 Å². The fourth-order valence-corrected chi connectivity index (χ4v) is 4.85. The number of halogens is 1. The summed E-state index contributed by atoms with van der Waals surface area (Å²) in [5, 5.41) is 9.82. The van der Waals surface area contributed by atoms with Crippen LogP contribution in [0.5, 0.6) is 0 Å². The molecule has 0 atom stereocenters. The van der Waals surface area contributed by atoms with E-state index in [9.17, 15) is 23.9 Å². The van der Waals surface area contributed by atoms with Crippen LogP contribution < -0.4 is 10.3 Å². The second kappa shape index (κ2) is 6.91. The second-order valence-electron chi connectivity index (χ2n) is 7.09. The summed E-state index contributed by atoms with van der Waals surface area (Å²) in [6.07, 6.45) is 1.44. The van der Waals surface area contributed by atoms with Crippen LogP contribution in [-0.2, 0) is 5.88 Å². The van der Waals surface area contributed by atoms with E-state index in [2.05, 4.69) is 0 Å². The van der Waals surface area contributed by atoms with Crippen LogP contribution in [0.25, 0.3) is 10.9 Å². The number of hydrogen-bond donors (Lipinski definition) is 1. The molecule has 3 aromatic rings. The molecule has 1 amide bonds. The van der Waals surface area contributed by atoms with Gasteiger partial charge in [0.2, 0.25) is 5.43 Å². The topological polar surface area (TPSA) is 96.0 Å². The van der Waals surface area contributed by atoms with Gasteiger partial charge in [-0.3, -0.25) is 9.59 Å². The Balaban J connectivity index is 1.46. The predicted molar refractivity (Wildman–Crippen MR) is 108 cm³/mol. The summed E-state index contributed by atoms with van der Waals surface area (Å²) in [6, 6.07) is 5.98. The van der Waals surface area contributed by atoms with Crippen molar-refractivity contribution in [1.82, 2.24) is 9.47 Å². The van der Waals surface area contributed by atoms with Crippen LogP contribution in [0.1, 0.15) is 20.9 Å². The molecule has 154 valence electrons. The molecule has 2 aliphatic heterocycles. The molecule has 8 nitrogen and oxygen atoms in total. The number of anilines is 1. The fraction of sp³-hybridized carbons (Fsp3) is 0.250. The first-order valence-corrected chi connectivity index (χ1v) is 10.3. The zero-order valence-electron chi connectivity index (χ0n) is 15.6. The standard InChI is InChI=1S/C20H16FN3O5S/c21-12-8-11-13(24-10-30-19(24)16(17(11)25)20(27)28)9-14(12)22-3-5-23(6-4-22)18(26)15-2-1-7-29-15/h1-2,7-9H,3-6,10H2,(H,27,28). The first-order valence-electron chi connectivity index (χ1n) is 9.29. The minimum Gasteiger partial charge on any atom is -0.477 e. The predicted octanol–water partition coefficient (Wildman–Crippen LogP) is 2.46. The van der Waals surface area contributed by atoms with Crippen molar-refractivity contribution in [2.75, 3.05) is 31.1 Å². The van der Waals surface area contributed by atoms with Gasteiger partial charge in [-0.15, -0.1) is 0 Å². The molecule has 2 aliphatic rings. The normalized spacial score (nSPS) is 15.8. The molecule has 30 heavy (non-hydrogen) atoms. The number of fused-ring (bicyclic) bond motifs is 3. The third-order valence-electron chi connectivity index (χ3n) is 5.47. The highest BCUT2D eigenvalue weighted by atomic mass is 32.2. The number of carbonyl (C=O) groups is 2. The number of hydrogen-bond acceptors (Lipinski definition) is 6. The van der Waals surface area contributed by atoms with Crippen molar-refractivity contribution in [2.45, 2.75) is 10.9 Å². The molecule has 4 heterocycles. The quantitative estimate of drug-likeness (QED) is 0.683. The molecule has 10 heteroatoms. The highest BCUT2D eigenvalue weighted by molar-refractivity contribution is 7.99. The van der Waals surface area contributed by atoms with Gasteiger partial charge in [-0.05, 0) is 24.3 Å². The van der Waals surface area contributed by atoms with Crippen LogP contribution in [-0.4, -0.2) is 52.6 Å². The van der Waals surface area contributed by atoms with E-state index in [4.69, 9.17) is 4.42 Å². The lowest BCUT2D eigenvalue weighted by Gasteiger charge is -2.36. The number of furan rings is 1. The first-order chi connectivity index (χ1) is 14.5. The number of amides is 1. The number of thioether (sulfide) groups is 1. The fourth-order valence-electron chi connectivity index (χ4n) is 3.90. The van der Waals surface area contributed by atoms with Crippen molar-refractivity contribution < 1.29 is 23.5 Å². The molecule has 0 spiro atoms. The lowest BCUT2D eigenvalue weighted by Crippen LogP contribution is -2.49. The van der Waals surface area contributed by atoms with Crippen LogP contribution >= 0.6 is 11.8 Å². The summed E-state index contributed by atoms with van der Waals surface area (Å²) in [6.45, 7) is 1.66. The molecule has 0 saturated carbocycles. The van der Waals surface area contributed by atoms with Gasteiger partial charge in [-0.1, -0.05) is 11.8 Å². The zero-order valence-corrected chi connectivity index (χ0v) is 16.4. The Morgan fingerprint density at radius 1 is 1.17 bits per heavy atom. The molecule has 1 N–H and O–H groups in total. The summed E-state index contributed by atoms with van der Waals surface area (Å²) in [4.78, 5) is 40.0. The Kier molecular flexibility index (Phi) is 4.31. The number of carboxylic acid groups (broad SMARTS) is 1. The number of piperazine rings is 1. The molecule has 0 aliphatic carbocycles. The molecule has 1 saturated heterocycles. The summed E-state index contributed by atoms with van der Waals surface area (Å²) in [5.41, 5.74) is -0.128. The second-order valence-corrected chi connectivity index (χ2v) is 8.03. The summed E-state index contributed by atoms with van der Waals surface area (Å²) >= 11 is 1.28. The van der Waals surface area contributed by atoms with Crippen LogP contribution in [0.2, 0.25) is 0 Å². The molecule has 5 rings (SSSR count). The van der Waals surface area contributed by atoms with E-state index in [0.29, 0.717) is 48.3 Å². The lowest BCUT2D eigenvalue weighted by atomic mass is 10.1. The molecule has 1 fully saturated rings. The summed E-state index contributed by atoms with van der Waals surface area (Å²) in [5.74, 6) is -1.33. The van der Waals surface area contributed by atoms with Gasteiger partial charge in [0, 0.05) is 31.6 Å². The van der Waals surface area contributed by atoms with E-state index in [1.54, 1.807) is 27.7 Å². The molecule has 0 unspecified atom stereocenters. The number of pyridine rings is 1. The van der Waals surface area contributed by atoms with Gasteiger partial charge in [-0.2, -0.15) is 0 Å². The average molecular weight is 429 g/mol. The van der Waals surface area contributed by atoms with Crippen molar-refractivity contribution in [3.63, 3.8) is 0 Å². The van der Waals surface area contributed by atoms with E-state index in [-0.39, 0.29) is 22.6 Å². The van der Waals surface area contributed by atoms with Crippen molar-refractivity contribution in [2.24, 2.45) is 0 Å². The Bertz CT molecular complexity index is 1250. The third-order valence-corrected chi connectivity index (χ3v) is 6.56. The Morgan fingerprint density at radius 2 is 1.93 bits per heavy atom. The van der Waals surface area contributed by atoms with Gasteiger partial charge >= 0.3 is 5.97 Å². The number of aromatic nitrogens is 1. The van der Waals surface area contributed by atoms with Crippen LogP contribution in [0.15, 0.2) is 44.8 Å². The van der Waals surface area contributed by atoms with E-state index < -0.39 is 17.2 Å². The lowest BCUT2D eigenvalue weighted by molar-refractivity contribution is 0.0687. The maximum absolute atomic E-state index is 14.9. The number of aromatic carboxylic acids is 1. The van der Waals surface area contributed by atoms with Gasteiger partial charge in [0.05, 0.1) is 28.4 Å². The van der Waals surface area contributed by atoms with Crippen molar-refractivity contribution in [3.8, 4) is 0 Å². The average Bonchev–Trinajstić information content (AvgIpc) is 3.25. The van der Waals surface area contributed by atoms with Crippen LogP contribution in [0.4, 0.5) is 10.1 Å². The maximum atomic E-state index is 14.9. The molecule has 2 aromatic heterocycles. The third kappa shape index (κ3) is 2.78. The van der Waals surface area contributed by atoms with Gasteiger partial charge in [0.15, 0.2) is 5.76 Å². The first kappa shape index (κ1) is 18.7. The van der Waals surface area contributed by atoms with E-state index >= 15 is 0 Å². The molecule has 0 bridgehead atoms. The van der Waals surface area contributed by atoms with E-state index in [1.165, 1.54) is 18.0 Å². The Morgan fingerprint density at radius 3 is 2.53 bits per heavy atom. The zero-order chi connectivity index (χ0) is 21.0. The minimum atomic E-state index is -1.31. The van der Waals surface area contributed by atoms with Gasteiger partial charge < -0.3 is 23.9 Å². The Hall–Kier alpha value is -3.27. The number of carboxylic acids is 1. The molecular weight excluding hydrogens is 413 g/mol. The number of benzene rings is 1. The minimum absolute atomic E-state index is 0.0596. The molecule has 0 radical (unpaired) electrons. The Labute approximate surface area is 173 Å². The largest absolute Gasteiger partial charge is 0.477 e. The van der Waals surface area contributed by atoms with Gasteiger partial charge in [0.1, 0.15) is 11.4 Å².